The molecule has 2 amide bonds. The number of alkyl halides is 3. The van der Waals surface area contributed by atoms with Crippen LogP contribution in [0.4, 0.5) is 29.3 Å². The van der Waals surface area contributed by atoms with Crippen LogP contribution in [0.5, 0.6) is 0 Å². The molecule has 0 aliphatic carbocycles. The number of anilines is 2. The van der Waals surface area contributed by atoms with E-state index < -0.39 is 17.8 Å². The number of carbonyl (C=O) groups is 1. The largest absolute Gasteiger partial charge is 0.416 e. The first kappa shape index (κ1) is 19.4. The van der Waals surface area contributed by atoms with Crippen molar-refractivity contribution in [3.63, 3.8) is 0 Å². The summed E-state index contributed by atoms with van der Waals surface area (Å²) in [4.78, 5) is 21.1. The number of rotatable bonds is 3. The van der Waals surface area contributed by atoms with Gasteiger partial charge in [-0.1, -0.05) is 6.07 Å². The quantitative estimate of drug-likeness (QED) is 0.511. The van der Waals surface area contributed by atoms with E-state index in [0.717, 1.165) is 17.7 Å². The minimum atomic E-state index is -4.49. The molecule has 0 saturated carbocycles. The van der Waals surface area contributed by atoms with Crippen LogP contribution in [0.1, 0.15) is 5.56 Å². The number of nitrogens with one attached hydrogen (secondary N) is 2. The second-order valence-corrected chi connectivity index (χ2v) is 6.52. The van der Waals surface area contributed by atoms with Gasteiger partial charge in [-0.15, -0.1) is 0 Å². The maximum absolute atomic E-state index is 12.8. The summed E-state index contributed by atoms with van der Waals surface area (Å²) in [6.45, 7) is 0. The van der Waals surface area contributed by atoms with Gasteiger partial charge in [0.2, 0.25) is 0 Å². The second kappa shape index (κ2) is 7.47. The minimum absolute atomic E-state index is 0.0294. The lowest BCUT2D eigenvalue weighted by Gasteiger charge is -2.11. The van der Waals surface area contributed by atoms with Crippen molar-refractivity contribution >= 4 is 28.4 Å². The van der Waals surface area contributed by atoms with E-state index in [4.69, 9.17) is 0 Å². The van der Waals surface area contributed by atoms with E-state index in [1.165, 1.54) is 12.1 Å². The molecule has 2 N–H and O–H groups in total. The van der Waals surface area contributed by atoms with Crippen LogP contribution in [-0.4, -0.2) is 25.8 Å². The Morgan fingerprint density at radius 1 is 1.00 bits per heavy atom. The lowest BCUT2D eigenvalue weighted by Crippen LogP contribution is -2.19. The molecule has 0 radical (unpaired) electrons. The van der Waals surface area contributed by atoms with Crippen molar-refractivity contribution in [2.45, 2.75) is 6.18 Å². The molecule has 0 saturated heterocycles. The fraction of sp³-hybridized carbons (Fsp3) is 0.100. The molecular weight excluding hydrogens is 397 g/mol. The predicted molar refractivity (Wildman–Crippen MR) is 106 cm³/mol. The number of aromatic nitrogens is 4. The zero-order chi connectivity index (χ0) is 21.3. The van der Waals surface area contributed by atoms with Crippen molar-refractivity contribution < 1.29 is 18.0 Å². The third-order valence-electron chi connectivity index (χ3n) is 4.25. The summed E-state index contributed by atoms with van der Waals surface area (Å²) < 4.78 is 40.1. The first-order valence-corrected chi connectivity index (χ1v) is 8.79. The molecule has 0 spiro atoms. The van der Waals surface area contributed by atoms with Gasteiger partial charge in [-0.25, -0.2) is 9.78 Å². The monoisotopic (exact) mass is 412 g/mol. The van der Waals surface area contributed by atoms with Crippen LogP contribution in [0.2, 0.25) is 0 Å². The van der Waals surface area contributed by atoms with Crippen molar-refractivity contribution in [2.24, 2.45) is 7.05 Å². The number of benzene rings is 2. The molecule has 0 bridgehead atoms. The van der Waals surface area contributed by atoms with Crippen LogP contribution in [0.3, 0.4) is 0 Å². The molecule has 10 heteroatoms. The van der Waals surface area contributed by atoms with Crippen LogP contribution in [-0.2, 0) is 13.2 Å². The molecular formula is C20H15F3N6O. The first-order chi connectivity index (χ1) is 14.3. The maximum atomic E-state index is 12.8. The van der Waals surface area contributed by atoms with Crippen molar-refractivity contribution in [1.82, 2.24) is 19.7 Å². The summed E-state index contributed by atoms with van der Waals surface area (Å²) in [5, 5.41) is 9.09. The topological polar surface area (TPSA) is 84.7 Å². The number of hydrogen-bond donors (Lipinski definition) is 2. The fourth-order valence-corrected chi connectivity index (χ4v) is 2.85. The van der Waals surface area contributed by atoms with E-state index in [1.54, 1.807) is 48.5 Å². The molecule has 2 aromatic carbocycles. The predicted octanol–water partition coefficient (Wildman–Crippen LogP) is 4.69. The van der Waals surface area contributed by atoms with E-state index in [9.17, 15) is 18.0 Å². The molecule has 0 fully saturated rings. The summed E-state index contributed by atoms with van der Waals surface area (Å²) in [7, 11) is 1.79. The molecule has 0 aliphatic heterocycles. The van der Waals surface area contributed by atoms with Crippen molar-refractivity contribution in [3.05, 3.63) is 66.6 Å². The van der Waals surface area contributed by atoms with Crippen LogP contribution in [0, 0.1) is 0 Å². The number of urea groups is 1. The van der Waals surface area contributed by atoms with Gasteiger partial charge in [0.05, 0.1) is 34.7 Å². The third-order valence-corrected chi connectivity index (χ3v) is 4.25. The number of amides is 2. The Bertz CT molecular complexity index is 1230. The van der Waals surface area contributed by atoms with Crippen LogP contribution in [0.25, 0.3) is 22.3 Å². The number of halogens is 3. The van der Waals surface area contributed by atoms with Gasteiger partial charge in [0.15, 0.2) is 0 Å². The molecule has 2 heterocycles. The maximum Gasteiger partial charge on any atom is 0.416 e. The summed E-state index contributed by atoms with van der Waals surface area (Å²) in [6.07, 6.45) is 0.616. The van der Waals surface area contributed by atoms with Gasteiger partial charge in [-0.3, -0.25) is 9.67 Å². The average molecular weight is 412 g/mol. The summed E-state index contributed by atoms with van der Waals surface area (Å²) >= 11 is 0. The molecule has 152 valence electrons. The highest BCUT2D eigenvalue weighted by Crippen LogP contribution is 2.30. The normalized spacial score (nSPS) is 11.5. The van der Waals surface area contributed by atoms with Crippen LogP contribution < -0.4 is 10.6 Å². The van der Waals surface area contributed by atoms with Crippen molar-refractivity contribution in [3.8, 4) is 11.3 Å². The summed E-state index contributed by atoms with van der Waals surface area (Å²) in [6, 6.07) is 8.68. The minimum Gasteiger partial charge on any atom is -0.308 e. The van der Waals surface area contributed by atoms with Gasteiger partial charge in [-0.05, 0) is 36.4 Å². The second-order valence-electron chi connectivity index (χ2n) is 6.52. The summed E-state index contributed by atoms with van der Waals surface area (Å²) in [5.74, 6) is 0. The van der Waals surface area contributed by atoms with Crippen LogP contribution >= 0.6 is 0 Å². The van der Waals surface area contributed by atoms with Gasteiger partial charge in [-0.2, -0.15) is 18.3 Å². The molecule has 4 aromatic rings. The zero-order valence-corrected chi connectivity index (χ0v) is 15.6. The van der Waals surface area contributed by atoms with Gasteiger partial charge >= 0.3 is 12.2 Å². The number of fused-ring (bicyclic) bond motifs is 1. The highest BCUT2D eigenvalue weighted by molar-refractivity contribution is 6.00. The Morgan fingerprint density at radius 3 is 2.47 bits per heavy atom. The Hall–Kier alpha value is -3.95. The van der Waals surface area contributed by atoms with Gasteiger partial charge in [0.25, 0.3) is 0 Å². The molecule has 4 rings (SSSR count). The number of aryl methyl sites for hydroxylation is 1. The lowest BCUT2D eigenvalue weighted by molar-refractivity contribution is -0.137. The summed E-state index contributed by atoms with van der Waals surface area (Å²) in [5.41, 5.74) is 2.21. The SMILES string of the molecule is Cn1cc(-c2cnc3ccc(NC(=O)Nc4cccc(C(F)(F)F)c4)cc3n2)cn1. The standard InChI is InChI=1S/C20H15F3N6O/c1-29-11-12(9-25-29)18-10-24-16-6-5-15(8-17(16)28-18)27-19(30)26-14-4-2-3-13(7-14)20(21,22)23/h2-11H,1H3,(H2,26,27,30). The van der Waals surface area contributed by atoms with Gasteiger partial charge < -0.3 is 10.6 Å². The van der Waals surface area contributed by atoms with E-state index in [0.29, 0.717) is 22.4 Å². The number of nitrogens with zero attached hydrogens (tertiary/aromatic N) is 4. The smallest absolute Gasteiger partial charge is 0.308 e. The Labute approximate surface area is 168 Å². The molecule has 0 unspecified atom stereocenters. The van der Waals surface area contributed by atoms with Crippen LogP contribution in [0.15, 0.2) is 61.1 Å². The highest BCUT2D eigenvalue weighted by Gasteiger charge is 2.30. The van der Waals surface area contributed by atoms with E-state index in [1.807, 2.05) is 0 Å². The molecule has 2 aromatic heterocycles. The Morgan fingerprint density at radius 2 is 1.77 bits per heavy atom. The zero-order valence-electron chi connectivity index (χ0n) is 15.6. The molecule has 0 aliphatic rings. The Balaban J connectivity index is 1.52. The van der Waals surface area contributed by atoms with Gasteiger partial charge in [0.1, 0.15) is 0 Å². The number of carbonyl (C=O) groups excluding carboxylic acids is 1. The average Bonchev–Trinajstić information content (AvgIpc) is 3.13. The number of hydrogen-bond acceptors (Lipinski definition) is 4. The fourth-order valence-electron chi connectivity index (χ4n) is 2.85. The van der Waals surface area contributed by atoms with E-state index in [-0.39, 0.29) is 5.69 Å². The van der Waals surface area contributed by atoms with Gasteiger partial charge in [0, 0.05) is 30.2 Å². The highest BCUT2D eigenvalue weighted by atomic mass is 19.4. The third kappa shape index (κ3) is 4.22. The molecule has 7 nitrogen and oxygen atoms in total. The Kier molecular flexibility index (Phi) is 4.82. The first-order valence-electron chi connectivity index (χ1n) is 8.79. The molecule has 0 atom stereocenters. The lowest BCUT2D eigenvalue weighted by atomic mass is 10.2. The van der Waals surface area contributed by atoms with E-state index in [2.05, 4.69) is 25.7 Å². The van der Waals surface area contributed by atoms with Crippen molar-refractivity contribution in [1.29, 1.82) is 0 Å². The van der Waals surface area contributed by atoms with Crippen molar-refractivity contribution in [2.75, 3.05) is 10.6 Å². The van der Waals surface area contributed by atoms with E-state index >= 15 is 0 Å². The molecule has 30 heavy (non-hydrogen) atoms.